The van der Waals surface area contributed by atoms with E-state index in [4.69, 9.17) is 10.1 Å². The highest BCUT2D eigenvalue weighted by Gasteiger charge is 2.12. The first-order valence-electron chi connectivity index (χ1n) is 6.39. The molecule has 1 unspecified atom stereocenters. The van der Waals surface area contributed by atoms with Crippen LogP contribution in [-0.4, -0.2) is 19.6 Å². The molecule has 17 heavy (non-hydrogen) atoms. The fraction of sp³-hybridized carbons (Fsp3) is 0.643. The first kappa shape index (κ1) is 18.3. The Morgan fingerprint density at radius 3 is 2.35 bits per heavy atom. The van der Waals surface area contributed by atoms with E-state index in [1.54, 1.807) is 0 Å². The topological polar surface area (TPSA) is 45.1 Å². The summed E-state index contributed by atoms with van der Waals surface area (Å²) >= 11 is 0. The minimum Gasteiger partial charge on any atom is -0.360 e. The van der Waals surface area contributed by atoms with Gasteiger partial charge in [0.05, 0.1) is 0 Å². The molecule has 3 heteroatoms. The molecule has 1 rings (SSSR count). The summed E-state index contributed by atoms with van der Waals surface area (Å²) in [4.78, 5) is 0. The Morgan fingerprint density at radius 1 is 1.29 bits per heavy atom. The van der Waals surface area contributed by atoms with Gasteiger partial charge in [0, 0.05) is 12.3 Å². The lowest BCUT2D eigenvalue weighted by atomic mass is 10.2. The normalized spacial score (nSPS) is 19.8. The summed E-state index contributed by atoms with van der Waals surface area (Å²) in [5, 5.41) is 8.86. The SMILES string of the molecule is C/C=C\C(=C\C)NC1CCCCO1.C=N.CC. The molecular formula is C14H28N2O. The van der Waals surface area contributed by atoms with Gasteiger partial charge in [0.2, 0.25) is 0 Å². The first-order chi connectivity index (χ1) is 8.36. The van der Waals surface area contributed by atoms with Gasteiger partial charge in [-0.2, -0.15) is 0 Å². The maximum Gasteiger partial charge on any atom is 0.127 e. The molecule has 1 aliphatic rings. The number of allylic oxidation sites excluding steroid dienone is 3. The molecular weight excluding hydrogens is 212 g/mol. The summed E-state index contributed by atoms with van der Waals surface area (Å²) in [7, 11) is 0. The van der Waals surface area contributed by atoms with Crippen molar-refractivity contribution in [3.8, 4) is 0 Å². The molecule has 100 valence electrons. The van der Waals surface area contributed by atoms with E-state index in [1.165, 1.54) is 12.8 Å². The summed E-state index contributed by atoms with van der Waals surface area (Å²) in [6.45, 7) is 11.4. The Labute approximate surface area is 106 Å². The number of hydrogen-bond donors (Lipinski definition) is 2. The Kier molecular flexibility index (Phi) is 16.0. The number of rotatable bonds is 3. The third-order valence-corrected chi connectivity index (χ3v) is 2.16. The summed E-state index contributed by atoms with van der Waals surface area (Å²) in [5.74, 6) is 0. The molecule has 0 aliphatic carbocycles. The predicted molar refractivity (Wildman–Crippen MR) is 76.5 cm³/mol. The van der Waals surface area contributed by atoms with Crippen LogP contribution in [0.2, 0.25) is 0 Å². The zero-order valence-corrected chi connectivity index (χ0v) is 11.8. The second-order valence-electron chi connectivity index (χ2n) is 3.24. The molecule has 0 radical (unpaired) electrons. The molecule has 2 N–H and O–H groups in total. The van der Waals surface area contributed by atoms with E-state index in [0.717, 1.165) is 18.7 Å². The standard InChI is InChI=1S/C11H19NO.C2H6.CH3N/c1-3-7-10(4-2)12-11-8-5-6-9-13-11;2*1-2/h3-4,7,11-12H,5-6,8-9H2,1-2H3;1-2H3;2H,1H2/b7-3-,10-4-;;. The van der Waals surface area contributed by atoms with Crippen molar-refractivity contribution in [1.82, 2.24) is 5.32 Å². The van der Waals surface area contributed by atoms with E-state index in [9.17, 15) is 0 Å². The summed E-state index contributed by atoms with van der Waals surface area (Å²) < 4.78 is 5.57. The molecule has 1 aliphatic heterocycles. The third-order valence-electron chi connectivity index (χ3n) is 2.16. The molecule has 0 spiro atoms. The highest BCUT2D eigenvalue weighted by atomic mass is 16.5. The highest BCUT2D eigenvalue weighted by molar-refractivity contribution is 5.16. The van der Waals surface area contributed by atoms with Gasteiger partial charge in [-0.25, -0.2) is 0 Å². The maximum atomic E-state index is 5.57. The van der Waals surface area contributed by atoms with Crippen molar-refractivity contribution in [2.75, 3.05) is 6.61 Å². The zero-order chi connectivity index (χ0) is 13.5. The second kappa shape index (κ2) is 14.9. The van der Waals surface area contributed by atoms with Gasteiger partial charge in [0.15, 0.2) is 0 Å². The minimum atomic E-state index is 0.219. The minimum absolute atomic E-state index is 0.219. The van der Waals surface area contributed by atoms with E-state index in [0.29, 0.717) is 0 Å². The van der Waals surface area contributed by atoms with E-state index >= 15 is 0 Å². The molecule has 0 aromatic rings. The van der Waals surface area contributed by atoms with Crippen molar-refractivity contribution in [1.29, 1.82) is 5.41 Å². The monoisotopic (exact) mass is 240 g/mol. The number of ether oxygens (including phenoxy) is 1. The zero-order valence-electron chi connectivity index (χ0n) is 11.8. The van der Waals surface area contributed by atoms with Gasteiger partial charge < -0.3 is 15.5 Å². The van der Waals surface area contributed by atoms with E-state index in [2.05, 4.69) is 24.2 Å². The lowest BCUT2D eigenvalue weighted by Crippen LogP contribution is -2.33. The third kappa shape index (κ3) is 9.82. The fourth-order valence-corrected chi connectivity index (χ4v) is 1.45. The van der Waals surface area contributed by atoms with Crippen LogP contribution in [0.25, 0.3) is 0 Å². The molecule has 1 atom stereocenters. The van der Waals surface area contributed by atoms with Crippen LogP contribution < -0.4 is 5.32 Å². The van der Waals surface area contributed by atoms with Gasteiger partial charge >= 0.3 is 0 Å². The Bertz CT molecular complexity index is 206. The predicted octanol–water partition coefficient (Wildman–Crippen LogP) is 3.87. The Hall–Kier alpha value is -1.09. The largest absolute Gasteiger partial charge is 0.360 e. The van der Waals surface area contributed by atoms with Crippen molar-refractivity contribution >= 4 is 6.72 Å². The quantitative estimate of drug-likeness (QED) is 0.581. The molecule has 0 bridgehead atoms. The second-order valence-corrected chi connectivity index (χ2v) is 3.24. The van der Waals surface area contributed by atoms with Crippen LogP contribution in [0.4, 0.5) is 0 Å². The van der Waals surface area contributed by atoms with Crippen molar-refractivity contribution < 1.29 is 4.74 Å². The van der Waals surface area contributed by atoms with Crippen LogP contribution in [0.1, 0.15) is 47.0 Å². The molecule has 0 aromatic heterocycles. The Morgan fingerprint density at radius 2 is 1.94 bits per heavy atom. The molecule has 0 aromatic carbocycles. The van der Waals surface area contributed by atoms with Crippen LogP contribution in [-0.2, 0) is 4.74 Å². The van der Waals surface area contributed by atoms with Gasteiger partial charge in [-0.15, -0.1) is 0 Å². The molecule has 1 saturated heterocycles. The summed E-state index contributed by atoms with van der Waals surface area (Å²) in [6.07, 6.45) is 9.98. The van der Waals surface area contributed by atoms with Gasteiger partial charge in [-0.1, -0.05) is 26.0 Å². The lowest BCUT2D eigenvalue weighted by molar-refractivity contribution is 0.00176. The van der Waals surface area contributed by atoms with E-state index < -0.39 is 0 Å². The molecule has 3 nitrogen and oxygen atoms in total. The van der Waals surface area contributed by atoms with Crippen LogP contribution >= 0.6 is 0 Å². The summed E-state index contributed by atoms with van der Waals surface area (Å²) in [5.41, 5.74) is 1.15. The van der Waals surface area contributed by atoms with E-state index in [1.807, 2.05) is 33.8 Å². The smallest absolute Gasteiger partial charge is 0.127 e. The van der Waals surface area contributed by atoms with Crippen LogP contribution in [0.3, 0.4) is 0 Å². The van der Waals surface area contributed by atoms with Gasteiger partial charge in [-0.3, -0.25) is 0 Å². The van der Waals surface area contributed by atoms with Crippen molar-refractivity contribution in [3.05, 3.63) is 23.9 Å². The van der Waals surface area contributed by atoms with Crippen LogP contribution in [0.15, 0.2) is 23.9 Å². The Balaban J connectivity index is 0. The number of nitrogens with one attached hydrogen (secondary N) is 2. The van der Waals surface area contributed by atoms with Crippen LogP contribution in [0.5, 0.6) is 0 Å². The van der Waals surface area contributed by atoms with Gasteiger partial charge in [0.25, 0.3) is 0 Å². The first-order valence-corrected chi connectivity index (χ1v) is 6.39. The lowest BCUT2D eigenvalue weighted by Gasteiger charge is -2.24. The molecule has 1 fully saturated rings. The molecule has 0 amide bonds. The van der Waals surface area contributed by atoms with Crippen LogP contribution in [0, 0.1) is 5.41 Å². The van der Waals surface area contributed by atoms with Gasteiger partial charge in [-0.05, 0) is 45.9 Å². The highest BCUT2D eigenvalue weighted by Crippen LogP contribution is 2.11. The van der Waals surface area contributed by atoms with Crippen molar-refractivity contribution in [2.45, 2.75) is 53.2 Å². The summed E-state index contributed by atoms with van der Waals surface area (Å²) in [6, 6.07) is 0. The van der Waals surface area contributed by atoms with E-state index in [-0.39, 0.29) is 6.23 Å². The molecule has 1 heterocycles. The van der Waals surface area contributed by atoms with Crippen molar-refractivity contribution in [3.63, 3.8) is 0 Å². The number of hydrogen-bond acceptors (Lipinski definition) is 3. The van der Waals surface area contributed by atoms with Crippen molar-refractivity contribution in [2.24, 2.45) is 0 Å². The molecule has 0 saturated carbocycles. The fourth-order valence-electron chi connectivity index (χ4n) is 1.45. The average Bonchev–Trinajstić information content (AvgIpc) is 2.44. The van der Waals surface area contributed by atoms with Gasteiger partial charge in [0.1, 0.15) is 6.23 Å². The maximum absolute atomic E-state index is 5.57. The average molecular weight is 240 g/mol.